The first-order chi connectivity index (χ1) is 10.6. The van der Waals surface area contributed by atoms with E-state index < -0.39 is 0 Å². The Labute approximate surface area is 157 Å². The van der Waals surface area contributed by atoms with Gasteiger partial charge in [-0.25, -0.2) is 0 Å². The Morgan fingerprint density at radius 3 is 2.65 bits per heavy atom. The molecule has 1 heterocycles. The first-order valence-corrected chi connectivity index (χ1v) is 8.23. The fraction of sp³-hybridized carbons (Fsp3) is 0.647. The van der Waals surface area contributed by atoms with Crippen LogP contribution in [-0.4, -0.2) is 29.3 Å². The SMILES string of the molecule is CN=C(NCCC1=CCCCC1)NCc1c(C)nn(C)c1C.I. The first kappa shape index (κ1) is 20.0. The topological polar surface area (TPSA) is 54.2 Å². The van der Waals surface area contributed by atoms with Crippen LogP contribution < -0.4 is 10.6 Å². The fourth-order valence-corrected chi connectivity index (χ4v) is 2.94. The number of hydrogen-bond acceptors (Lipinski definition) is 2. The molecule has 2 rings (SSSR count). The van der Waals surface area contributed by atoms with Gasteiger partial charge >= 0.3 is 0 Å². The molecule has 23 heavy (non-hydrogen) atoms. The van der Waals surface area contributed by atoms with Crippen molar-refractivity contribution in [2.45, 2.75) is 52.5 Å². The van der Waals surface area contributed by atoms with Crippen LogP contribution in [-0.2, 0) is 13.6 Å². The number of nitrogens with one attached hydrogen (secondary N) is 2. The zero-order valence-electron chi connectivity index (χ0n) is 14.8. The molecule has 0 amide bonds. The highest BCUT2D eigenvalue weighted by Crippen LogP contribution is 2.19. The lowest BCUT2D eigenvalue weighted by atomic mass is 9.97. The van der Waals surface area contributed by atoms with Crippen molar-refractivity contribution in [3.05, 3.63) is 28.6 Å². The van der Waals surface area contributed by atoms with E-state index in [4.69, 9.17) is 0 Å². The number of nitrogens with zero attached hydrogens (tertiary/aromatic N) is 3. The van der Waals surface area contributed by atoms with Crippen molar-refractivity contribution in [3.8, 4) is 0 Å². The van der Waals surface area contributed by atoms with Crippen LogP contribution >= 0.6 is 24.0 Å². The lowest BCUT2D eigenvalue weighted by Gasteiger charge is -2.15. The van der Waals surface area contributed by atoms with Crippen LogP contribution in [0.1, 0.15) is 49.1 Å². The van der Waals surface area contributed by atoms with Crippen molar-refractivity contribution in [3.63, 3.8) is 0 Å². The summed E-state index contributed by atoms with van der Waals surface area (Å²) in [5.41, 5.74) is 5.12. The van der Waals surface area contributed by atoms with Gasteiger partial charge in [0, 0.05) is 38.4 Å². The zero-order valence-corrected chi connectivity index (χ0v) is 17.1. The molecule has 0 aromatic carbocycles. The van der Waals surface area contributed by atoms with Crippen molar-refractivity contribution in [2.75, 3.05) is 13.6 Å². The Morgan fingerprint density at radius 1 is 1.30 bits per heavy atom. The maximum Gasteiger partial charge on any atom is 0.191 e. The minimum atomic E-state index is 0. The molecule has 0 bridgehead atoms. The largest absolute Gasteiger partial charge is 0.356 e. The van der Waals surface area contributed by atoms with E-state index in [0.29, 0.717) is 0 Å². The van der Waals surface area contributed by atoms with Crippen molar-refractivity contribution in [1.29, 1.82) is 0 Å². The highest BCUT2D eigenvalue weighted by molar-refractivity contribution is 14.0. The molecule has 6 heteroatoms. The predicted molar refractivity (Wildman–Crippen MR) is 107 cm³/mol. The molecule has 5 nitrogen and oxygen atoms in total. The van der Waals surface area contributed by atoms with Crippen LogP contribution in [0.25, 0.3) is 0 Å². The molecule has 0 spiro atoms. The maximum absolute atomic E-state index is 4.45. The second kappa shape index (κ2) is 9.95. The van der Waals surface area contributed by atoms with Gasteiger partial charge in [0.1, 0.15) is 0 Å². The van der Waals surface area contributed by atoms with Gasteiger partial charge in [0.15, 0.2) is 5.96 Å². The standard InChI is InChI=1S/C17H29N5.HI/c1-13-16(14(2)22(4)21-13)12-20-17(18-3)19-11-10-15-8-6-5-7-9-15;/h8H,5-7,9-12H2,1-4H3,(H2,18,19,20);1H. The quantitative estimate of drug-likeness (QED) is 0.326. The molecule has 1 aromatic rings. The summed E-state index contributed by atoms with van der Waals surface area (Å²) in [4.78, 5) is 4.30. The van der Waals surface area contributed by atoms with Gasteiger partial charge in [-0.15, -0.1) is 24.0 Å². The van der Waals surface area contributed by atoms with Crippen LogP contribution in [0, 0.1) is 13.8 Å². The summed E-state index contributed by atoms with van der Waals surface area (Å²) in [6, 6.07) is 0. The van der Waals surface area contributed by atoms with Gasteiger partial charge in [0.25, 0.3) is 0 Å². The van der Waals surface area contributed by atoms with Gasteiger partial charge in [0.05, 0.1) is 5.69 Å². The van der Waals surface area contributed by atoms with Gasteiger partial charge in [-0.2, -0.15) is 5.10 Å². The Balaban J connectivity index is 0.00000264. The molecule has 1 aliphatic rings. The number of aryl methyl sites for hydroxylation is 2. The lowest BCUT2D eigenvalue weighted by Crippen LogP contribution is -2.37. The van der Waals surface area contributed by atoms with Gasteiger partial charge < -0.3 is 10.6 Å². The highest BCUT2D eigenvalue weighted by Gasteiger charge is 2.10. The third kappa shape index (κ3) is 5.82. The smallest absolute Gasteiger partial charge is 0.191 e. The Hall–Kier alpha value is -1.05. The van der Waals surface area contributed by atoms with Crippen LogP contribution in [0.3, 0.4) is 0 Å². The summed E-state index contributed by atoms with van der Waals surface area (Å²) in [7, 11) is 3.80. The number of rotatable bonds is 5. The minimum absolute atomic E-state index is 0. The molecule has 0 aliphatic heterocycles. The summed E-state index contributed by atoms with van der Waals surface area (Å²) in [5, 5.41) is 11.2. The molecular weight excluding hydrogens is 401 g/mol. The van der Waals surface area contributed by atoms with E-state index in [1.165, 1.54) is 36.9 Å². The Kier molecular flexibility index (Phi) is 8.65. The molecule has 130 valence electrons. The average Bonchev–Trinajstić information content (AvgIpc) is 2.77. The fourth-order valence-electron chi connectivity index (χ4n) is 2.94. The highest BCUT2D eigenvalue weighted by atomic mass is 127. The number of aliphatic imine (C=N–C) groups is 1. The van der Waals surface area contributed by atoms with Crippen LogP contribution in [0.15, 0.2) is 16.6 Å². The van der Waals surface area contributed by atoms with Crippen molar-refractivity contribution >= 4 is 29.9 Å². The second-order valence-electron chi connectivity index (χ2n) is 5.98. The molecule has 0 fully saturated rings. The monoisotopic (exact) mass is 431 g/mol. The van der Waals surface area contributed by atoms with Crippen LogP contribution in [0.4, 0.5) is 0 Å². The molecule has 2 N–H and O–H groups in total. The van der Waals surface area contributed by atoms with Crippen molar-refractivity contribution in [1.82, 2.24) is 20.4 Å². The van der Waals surface area contributed by atoms with Gasteiger partial charge in [0.2, 0.25) is 0 Å². The average molecular weight is 431 g/mol. The Bertz CT molecular complexity index is 560. The summed E-state index contributed by atoms with van der Waals surface area (Å²) in [6.07, 6.45) is 8.74. The third-order valence-electron chi connectivity index (χ3n) is 4.44. The Morgan fingerprint density at radius 2 is 2.09 bits per heavy atom. The number of aromatic nitrogens is 2. The summed E-state index contributed by atoms with van der Waals surface area (Å²) < 4.78 is 1.93. The normalized spacial score (nSPS) is 15.0. The molecule has 0 saturated carbocycles. The molecule has 0 saturated heterocycles. The van der Waals surface area contributed by atoms with Crippen molar-refractivity contribution < 1.29 is 0 Å². The molecule has 0 radical (unpaired) electrons. The summed E-state index contributed by atoms with van der Waals surface area (Å²) in [6.45, 7) is 5.85. The number of allylic oxidation sites excluding steroid dienone is 1. The third-order valence-corrected chi connectivity index (χ3v) is 4.44. The van der Waals surface area contributed by atoms with E-state index in [1.807, 2.05) is 18.8 Å². The first-order valence-electron chi connectivity index (χ1n) is 8.23. The van der Waals surface area contributed by atoms with Gasteiger partial charge in [-0.05, 0) is 46.0 Å². The van der Waals surface area contributed by atoms with E-state index in [-0.39, 0.29) is 24.0 Å². The summed E-state index contributed by atoms with van der Waals surface area (Å²) in [5.74, 6) is 0.860. The molecule has 0 unspecified atom stereocenters. The van der Waals surface area contributed by atoms with Crippen LogP contribution in [0.2, 0.25) is 0 Å². The zero-order chi connectivity index (χ0) is 15.9. The summed E-state index contributed by atoms with van der Waals surface area (Å²) >= 11 is 0. The molecule has 1 aliphatic carbocycles. The van der Waals surface area contributed by atoms with E-state index in [0.717, 1.165) is 31.2 Å². The predicted octanol–water partition coefficient (Wildman–Crippen LogP) is 3.21. The van der Waals surface area contributed by atoms with E-state index in [1.54, 1.807) is 5.57 Å². The van der Waals surface area contributed by atoms with E-state index in [2.05, 4.69) is 40.6 Å². The lowest BCUT2D eigenvalue weighted by molar-refractivity contribution is 0.665. The molecular formula is C17H30IN5. The van der Waals surface area contributed by atoms with E-state index >= 15 is 0 Å². The second-order valence-corrected chi connectivity index (χ2v) is 5.98. The molecule has 1 aromatic heterocycles. The van der Waals surface area contributed by atoms with Gasteiger partial charge in [-0.3, -0.25) is 9.67 Å². The van der Waals surface area contributed by atoms with Gasteiger partial charge in [-0.1, -0.05) is 11.6 Å². The number of hydrogen-bond donors (Lipinski definition) is 2. The van der Waals surface area contributed by atoms with Crippen LogP contribution in [0.5, 0.6) is 0 Å². The number of halogens is 1. The maximum atomic E-state index is 4.45. The van der Waals surface area contributed by atoms with E-state index in [9.17, 15) is 0 Å². The van der Waals surface area contributed by atoms with Crippen molar-refractivity contribution in [2.24, 2.45) is 12.0 Å². The molecule has 0 atom stereocenters. The minimum Gasteiger partial charge on any atom is -0.356 e. The number of guanidine groups is 1.